The molecule has 2 heterocycles. The van der Waals surface area contributed by atoms with E-state index in [0.29, 0.717) is 5.82 Å². The summed E-state index contributed by atoms with van der Waals surface area (Å²) in [6.45, 7) is 1.58. The Morgan fingerprint density at radius 3 is 2.81 bits per heavy atom. The summed E-state index contributed by atoms with van der Waals surface area (Å²) in [5, 5.41) is 26.8. The van der Waals surface area contributed by atoms with Crippen molar-refractivity contribution < 1.29 is 14.8 Å². The summed E-state index contributed by atoms with van der Waals surface area (Å²) in [4.78, 5) is 20.8. The number of carbonyl (C=O) groups is 1. The van der Waals surface area contributed by atoms with Crippen LogP contribution in [0, 0.1) is 17.0 Å². The molecule has 2 rings (SSSR count). The molecule has 82 valence electrons. The summed E-state index contributed by atoms with van der Waals surface area (Å²) < 4.78 is 1.28. The molecule has 8 heteroatoms. The van der Waals surface area contributed by atoms with Gasteiger partial charge >= 0.3 is 5.97 Å². The highest BCUT2D eigenvalue weighted by Gasteiger charge is 2.19. The largest absolute Gasteiger partial charge is 0.478 e. The quantitative estimate of drug-likeness (QED) is 0.589. The molecule has 0 fully saturated rings. The van der Waals surface area contributed by atoms with E-state index in [2.05, 4.69) is 10.2 Å². The van der Waals surface area contributed by atoms with E-state index < -0.39 is 10.9 Å². The van der Waals surface area contributed by atoms with Crippen molar-refractivity contribution in [3.05, 3.63) is 33.8 Å². The number of aromatic nitrogens is 3. The maximum atomic E-state index is 10.9. The summed E-state index contributed by atoms with van der Waals surface area (Å²) in [7, 11) is 0. The summed E-state index contributed by atoms with van der Waals surface area (Å²) in [6, 6.07) is 0.964. The van der Waals surface area contributed by atoms with Gasteiger partial charge in [-0.3, -0.25) is 14.5 Å². The second-order valence-corrected chi connectivity index (χ2v) is 3.12. The third-order valence-corrected chi connectivity index (χ3v) is 2.10. The summed E-state index contributed by atoms with van der Waals surface area (Å²) >= 11 is 0. The van der Waals surface area contributed by atoms with Crippen LogP contribution in [-0.4, -0.2) is 30.6 Å². The van der Waals surface area contributed by atoms with E-state index in [0.717, 1.165) is 6.07 Å². The number of nitrogens with zero attached hydrogens (tertiary/aromatic N) is 4. The van der Waals surface area contributed by atoms with Crippen molar-refractivity contribution in [3.63, 3.8) is 0 Å². The molecule has 0 aromatic carbocycles. The number of hydrogen-bond acceptors (Lipinski definition) is 5. The Kier molecular flexibility index (Phi) is 2.04. The number of carboxylic acids is 1. The lowest BCUT2D eigenvalue weighted by Crippen LogP contribution is -2.03. The first kappa shape index (κ1) is 10.0. The van der Waals surface area contributed by atoms with E-state index in [1.807, 2.05) is 0 Å². The first-order valence-corrected chi connectivity index (χ1v) is 4.24. The zero-order chi connectivity index (χ0) is 11.9. The Morgan fingerprint density at radius 1 is 1.56 bits per heavy atom. The highest BCUT2D eigenvalue weighted by atomic mass is 16.6. The highest BCUT2D eigenvalue weighted by molar-refractivity contribution is 5.95. The van der Waals surface area contributed by atoms with E-state index in [9.17, 15) is 14.9 Å². The van der Waals surface area contributed by atoms with Crippen LogP contribution in [0.25, 0.3) is 5.65 Å². The number of fused-ring (bicyclic) bond motifs is 1. The number of aryl methyl sites for hydroxylation is 1. The Balaban J connectivity index is 2.86. The van der Waals surface area contributed by atoms with Gasteiger partial charge in [0.2, 0.25) is 0 Å². The van der Waals surface area contributed by atoms with Gasteiger partial charge in [0.1, 0.15) is 11.4 Å². The van der Waals surface area contributed by atoms with Gasteiger partial charge in [0, 0.05) is 6.07 Å². The monoisotopic (exact) mass is 222 g/mol. The minimum Gasteiger partial charge on any atom is -0.478 e. The zero-order valence-corrected chi connectivity index (χ0v) is 8.12. The molecule has 0 saturated heterocycles. The van der Waals surface area contributed by atoms with E-state index in [-0.39, 0.29) is 16.9 Å². The van der Waals surface area contributed by atoms with Crippen LogP contribution in [0.3, 0.4) is 0 Å². The maximum Gasteiger partial charge on any atom is 0.339 e. The Hall–Kier alpha value is -2.51. The topological polar surface area (TPSA) is 111 Å². The lowest BCUT2D eigenvalue weighted by Gasteiger charge is -1.99. The van der Waals surface area contributed by atoms with Gasteiger partial charge in [0.05, 0.1) is 11.1 Å². The Labute approximate surface area is 88.3 Å². The molecule has 8 nitrogen and oxygen atoms in total. The molecule has 2 aromatic rings. The second kappa shape index (κ2) is 3.26. The van der Waals surface area contributed by atoms with Crippen LogP contribution in [0.15, 0.2) is 12.3 Å². The van der Waals surface area contributed by atoms with Crippen LogP contribution >= 0.6 is 0 Å². The fourth-order valence-electron chi connectivity index (χ4n) is 1.35. The van der Waals surface area contributed by atoms with E-state index in [4.69, 9.17) is 5.11 Å². The van der Waals surface area contributed by atoms with E-state index >= 15 is 0 Å². The van der Waals surface area contributed by atoms with Crippen molar-refractivity contribution in [2.45, 2.75) is 6.92 Å². The maximum absolute atomic E-state index is 10.9. The van der Waals surface area contributed by atoms with Gasteiger partial charge in [0.15, 0.2) is 5.65 Å². The van der Waals surface area contributed by atoms with Crippen molar-refractivity contribution in [1.29, 1.82) is 0 Å². The van der Waals surface area contributed by atoms with Crippen molar-refractivity contribution in [2.24, 2.45) is 0 Å². The molecular formula is C8H6N4O4. The average Bonchev–Trinajstić information content (AvgIpc) is 2.59. The van der Waals surface area contributed by atoms with Gasteiger partial charge in [-0.25, -0.2) is 4.79 Å². The van der Waals surface area contributed by atoms with Gasteiger partial charge in [-0.2, -0.15) is 0 Å². The molecule has 0 bridgehead atoms. The third kappa shape index (κ3) is 1.36. The molecular weight excluding hydrogens is 216 g/mol. The number of aromatic carboxylic acids is 1. The second-order valence-electron chi connectivity index (χ2n) is 3.12. The van der Waals surface area contributed by atoms with Gasteiger partial charge in [0.25, 0.3) is 5.69 Å². The van der Waals surface area contributed by atoms with Gasteiger partial charge in [-0.15, -0.1) is 10.2 Å². The third-order valence-electron chi connectivity index (χ3n) is 2.10. The van der Waals surface area contributed by atoms with Crippen LogP contribution in [0.1, 0.15) is 16.2 Å². The lowest BCUT2D eigenvalue weighted by molar-refractivity contribution is -0.385. The van der Waals surface area contributed by atoms with Crippen LogP contribution in [0.5, 0.6) is 0 Å². The first-order chi connectivity index (χ1) is 7.50. The normalized spacial score (nSPS) is 10.6. The van der Waals surface area contributed by atoms with Crippen LogP contribution in [0.4, 0.5) is 5.69 Å². The summed E-state index contributed by atoms with van der Waals surface area (Å²) in [6.07, 6.45) is 1.19. The Morgan fingerprint density at radius 2 is 2.25 bits per heavy atom. The molecule has 2 aromatic heterocycles. The zero-order valence-electron chi connectivity index (χ0n) is 8.12. The number of nitro groups is 1. The van der Waals surface area contributed by atoms with Gasteiger partial charge in [-0.1, -0.05) is 0 Å². The van der Waals surface area contributed by atoms with Crippen molar-refractivity contribution in [3.8, 4) is 0 Å². The van der Waals surface area contributed by atoms with Crippen molar-refractivity contribution in [2.75, 3.05) is 0 Å². The molecule has 0 aliphatic heterocycles. The van der Waals surface area contributed by atoms with Crippen LogP contribution in [0.2, 0.25) is 0 Å². The summed E-state index contributed by atoms with van der Waals surface area (Å²) in [5.74, 6) is -0.887. The molecule has 0 spiro atoms. The molecule has 0 aliphatic rings. The minimum absolute atomic E-state index is 0.0931. The molecule has 1 N–H and O–H groups in total. The lowest BCUT2D eigenvalue weighted by atomic mass is 10.2. The van der Waals surface area contributed by atoms with Crippen LogP contribution < -0.4 is 0 Å². The Bertz CT molecular complexity index is 603. The predicted molar refractivity (Wildman–Crippen MR) is 51.3 cm³/mol. The highest BCUT2D eigenvalue weighted by Crippen LogP contribution is 2.18. The fourth-order valence-corrected chi connectivity index (χ4v) is 1.35. The number of pyridine rings is 1. The van der Waals surface area contributed by atoms with Crippen LogP contribution in [-0.2, 0) is 0 Å². The van der Waals surface area contributed by atoms with Crippen molar-refractivity contribution >= 4 is 17.3 Å². The predicted octanol–water partition coefficient (Wildman–Crippen LogP) is 0.644. The van der Waals surface area contributed by atoms with E-state index in [1.54, 1.807) is 6.92 Å². The molecule has 0 aliphatic carbocycles. The van der Waals surface area contributed by atoms with Gasteiger partial charge in [-0.05, 0) is 6.92 Å². The molecule has 16 heavy (non-hydrogen) atoms. The molecule has 0 saturated carbocycles. The summed E-state index contributed by atoms with van der Waals surface area (Å²) in [5.41, 5.74) is -0.460. The molecule has 0 radical (unpaired) electrons. The van der Waals surface area contributed by atoms with E-state index in [1.165, 1.54) is 10.6 Å². The number of hydrogen-bond donors (Lipinski definition) is 1. The minimum atomic E-state index is -1.28. The van der Waals surface area contributed by atoms with Gasteiger partial charge < -0.3 is 5.11 Å². The smallest absolute Gasteiger partial charge is 0.339 e. The standard InChI is InChI=1S/C8H6N4O4/c1-4-9-10-7-6(8(13)14)2-5(12(15)16)3-11(4)7/h2-3H,1H3,(H,13,14). The molecule has 0 atom stereocenters. The fraction of sp³-hybridized carbons (Fsp3) is 0.125. The molecule has 0 unspecified atom stereocenters. The number of carboxylic acid groups (broad SMARTS) is 1. The molecule has 0 amide bonds. The van der Waals surface area contributed by atoms with Crippen molar-refractivity contribution in [1.82, 2.24) is 14.6 Å². The SMILES string of the molecule is Cc1nnc2c(C(=O)O)cc([N+](=O)[O-])cn12. The average molecular weight is 222 g/mol. The first-order valence-electron chi connectivity index (χ1n) is 4.24. The number of rotatable bonds is 2.